The van der Waals surface area contributed by atoms with Crippen molar-refractivity contribution in [1.82, 2.24) is 13.9 Å². The van der Waals surface area contributed by atoms with Gasteiger partial charge in [-0.05, 0) is 30.5 Å². The number of aromatic nitrogens is 3. The molecule has 30 heavy (non-hydrogen) atoms. The van der Waals surface area contributed by atoms with E-state index in [4.69, 9.17) is 0 Å². The van der Waals surface area contributed by atoms with Crippen LogP contribution >= 0.6 is 0 Å². The Labute approximate surface area is 174 Å². The average molecular weight is 397 g/mol. The van der Waals surface area contributed by atoms with Gasteiger partial charge in [0.05, 0.1) is 17.0 Å². The maximum Gasteiger partial charge on any atom is 0.347 e. The molecule has 5 heteroatoms. The summed E-state index contributed by atoms with van der Waals surface area (Å²) in [7, 11) is 1.57. The molecule has 2 aliphatic carbocycles. The highest BCUT2D eigenvalue weighted by molar-refractivity contribution is 5.88. The van der Waals surface area contributed by atoms with E-state index in [-0.39, 0.29) is 23.3 Å². The molecule has 0 spiro atoms. The van der Waals surface area contributed by atoms with Gasteiger partial charge in [-0.25, -0.2) is 23.5 Å². The van der Waals surface area contributed by atoms with Crippen molar-refractivity contribution in [3.05, 3.63) is 110 Å². The molecule has 150 valence electrons. The Morgan fingerprint density at radius 1 is 0.900 bits per heavy atom. The highest BCUT2D eigenvalue weighted by atomic mass is 16.2. The van der Waals surface area contributed by atoms with E-state index in [1.807, 2.05) is 12.1 Å². The van der Waals surface area contributed by atoms with E-state index in [0.29, 0.717) is 0 Å². The normalized spacial score (nSPS) is 30.8. The lowest BCUT2D eigenvalue weighted by atomic mass is 9.41. The van der Waals surface area contributed by atoms with Crippen LogP contribution < -0.4 is 11.4 Å². The van der Waals surface area contributed by atoms with Crippen molar-refractivity contribution in [2.24, 2.45) is 13.0 Å². The zero-order valence-corrected chi connectivity index (χ0v) is 17.2. The molecule has 2 bridgehead atoms. The second-order valence-corrected chi connectivity index (χ2v) is 8.85. The van der Waals surface area contributed by atoms with E-state index in [2.05, 4.69) is 74.5 Å². The molecule has 3 aromatic rings. The minimum absolute atomic E-state index is 0.115. The Bertz CT molecular complexity index is 1370. The van der Waals surface area contributed by atoms with Gasteiger partial charge in [-0.2, -0.15) is 0 Å². The number of nitrogens with zero attached hydrogens (tertiary/aromatic N) is 3. The molecule has 2 aromatic carbocycles. The first-order valence-corrected chi connectivity index (χ1v) is 10.4. The zero-order chi connectivity index (χ0) is 20.8. The fraction of sp³-hybridized carbons (Fsp3) is 0.280. The van der Waals surface area contributed by atoms with Crippen LogP contribution in [0.2, 0.25) is 0 Å². The molecule has 0 amide bonds. The first-order valence-electron chi connectivity index (χ1n) is 10.4. The summed E-state index contributed by atoms with van der Waals surface area (Å²) in [6.07, 6.45) is 4.27. The van der Waals surface area contributed by atoms with Gasteiger partial charge in [0.15, 0.2) is 0 Å². The van der Waals surface area contributed by atoms with Gasteiger partial charge in [-0.3, -0.25) is 0 Å². The molecule has 0 radical (unpaired) electrons. The maximum absolute atomic E-state index is 13.3. The van der Waals surface area contributed by atoms with Gasteiger partial charge < -0.3 is 0 Å². The molecule has 2 aliphatic heterocycles. The third-order valence-electron chi connectivity index (χ3n) is 7.66. The number of hydrogen-bond acceptors (Lipinski definition) is 2. The molecule has 0 unspecified atom stereocenters. The van der Waals surface area contributed by atoms with Crippen molar-refractivity contribution in [2.75, 3.05) is 0 Å². The topological polar surface area (TPSA) is 48.9 Å². The van der Waals surface area contributed by atoms with Crippen molar-refractivity contribution in [1.29, 1.82) is 0 Å². The van der Waals surface area contributed by atoms with Crippen molar-refractivity contribution >= 4 is 5.57 Å². The van der Waals surface area contributed by atoms with Crippen molar-refractivity contribution in [3.8, 4) is 0 Å². The first kappa shape index (κ1) is 17.5. The predicted octanol–water partition coefficient (Wildman–Crippen LogP) is 3.23. The Balaban J connectivity index is 1.77. The largest absolute Gasteiger partial charge is 0.347 e. The third-order valence-corrected chi connectivity index (χ3v) is 7.66. The van der Waals surface area contributed by atoms with Crippen LogP contribution in [-0.2, 0) is 18.0 Å². The van der Waals surface area contributed by atoms with Crippen LogP contribution in [-0.4, -0.2) is 13.9 Å². The van der Waals surface area contributed by atoms with Crippen LogP contribution in [0.5, 0.6) is 0 Å². The van der Waals surface area contributed by atoms with Gasteiger partial charge >= 0.3 is 11.4 Å². The van der Waals surface area contributed by atoms with Crippen molar-refractivity contribution in [3.63, 3.8) is 0 Å². The Morgan fingerprint density at radius 2 is 1.53 bits per heavy atom. The summed E-state index contributed by atoms with van der Waals surface area (Å²) >= 11 is 0. The van der Waals surface area contributed by atoms with Gasteiger partial charge in [0.1, 0.15) is 0 Å². The average Bonchev–Trinajstić information content (AvgIpc) is 3.00. The minimum atomic E-state index is -0.698. The highest BCUT2D eigenvalue weighted by Crippen LogP contribution is 2.71. The number of allylic oxidation sites excluding steroid dienone is 4. The molecule has 0 saturated carbocycles. The van der Waals surface area contributed by atoms with Crippen LogP contribution in [0.1, 0.15) is 31.0 Å². The van der Waals surface area contributed by atoms with E-state index in [1.54, 1.807) is 16.4 Å². The lowest BCUT2D eigenvalue weighted by molar-refractivity contribution is 0.0344. The van der Waals surface area contributed by atoms with Crippen LogP contribution in [0.3, 0.4) is 0 Å². The molecular formula is C25H23N3O2. The number of rotatable bonds is 2. The van der Waals surface area contributed by atoms with Gasteiger partial charge in [0, 0.05) is 13.0 Å². The van der Waals surface area contributed by atoms with E-state index < -0.39 is 11.0 Å². The molecule has 1 aromatic heterocycles. The second kappa shape index (κ2) is 5.42. The summed E-state index contributed by atoms with van der Waals surface area (Å²) in [5, 5.41) is 0. The van der Waals surface area contributed by atoms with Gasteiger partial charge in [-0.1, -0.05) is 78.4 Å². The van der Waals surface area contributed by atoms with E-state index >= 15 is 0 Å². The van der Waals surface area contributed by atoms with E-state index in [1.165, 1.54) is 26.8 Å². The molecule has 0 fully saturated rings. The zero-order valence-electron chi connectivity index (χ0n) is 17.2. The van der Waals surface area contributed by atoms with Crippen LogP contribution in [0.4, 0.5) is 0 Å². The Morgan fingerprint density at radius 3 is 2.20 bits per heavy atom. The third kappa shape index (κ3) is 1.64. The standard InChI is InChI=1S/C25H23N3O2/c1-16-20(17-10-6-4-7-11-17)25(18-12-8-5-9-13-18)21(16)19-14-15-24(25,2)28-23(30)26(3)22(29)27(19)28/h4-15,19,21H,1-3H3/t19-,21+,24-,25+/m1/s1. The number of hydrogen-bond donors (Lipinski definition) is 0. The predicted molar refractivity (Wildman–Crippen MR) is 116 cm³/mol. The quantitative estimate of drug-likeness (QED) is 0.624. The van der Waals surface area contributed by atoms with Gasteiger partial charge in [0.2, 0.25) is 0 Å². The lowest BCUT2D eigenvalue weighted by Gasteiger charge is -2.67. The second-order valence-electron chi connectivity index (χ2n) is 8.85. The van der Waals surface area contributed by atoms with Crippen LogP contribution in [0.15, 0.2) is 88.0 Å². The summed E-state index contributed by atoms with van der Waals surface area (Å²) in [5.41, 5.74) is 3.30. The van der Waals surface area contributed by atoms with Crippen molar-refractivity contribution in [2.45, 2.75) is 30.8 Å². The summed E-state index contributed by atoms with van der Waals surface area (Å²) in [5.74, 6) is 0.115. The van der Waals surface area contributed by atoms with Crippen LogP contribution in [0, 0.1) is 5.92 Å². The van der Waals surface area contributed by atoms with Gasteiger partial charge in [0.25, 0.3) is 0 Å². The van der Waals surface area contributed by atoms with E-state index in [0.717, 1.165) is 0 Å². The Hall–Kier alpha value is -3.34. The molecule has 4 aliphatic rings. The fourth-order valence-corrected chi connectivity index (χ4v) is 6.55. The maximum atomic E-state index is 13.3. The monoisotopic (exact) mass is 397 g/mol. The molecular weight excluding hydrogens is 374 g/mol. The lowest BCUT2D eigenvalue weighted by Crippen LogP contribution is -2.71. The highest BCUT2D eigenvalue weighted by Gasteiger charge is 2.70. The molecule has 4 atom stereocenters. The molecule has 5 nitrogen and oxygen atoms in total. The minimum Gasteiger partial charge on any atom is -0.246 e. The summed E-state index contributed by atoms with van der Waals surface area (Å²) < 4.78 is 4.62. The SMILES string of the molecule is CC1=C(c2ccccc2)[C@@]2(c3ccccc3)[C@@H]1[C@H]1C=C[C@@]2(C)n2c(=O)n(C)c(=O)n21. The van der Waals surface area contributed by atoms with E-state index in [9.17, 15) is 9.59 Å². The van der Waals surface area contributed by atoms with Crippen LogP contribution in [0.25, 0.3) is 5.57 Å². The molecule has 7 rings (SSSR count). The van der Waals surface area contributed by atoms with Crippen molar-refractivity contribution < 1.29 is 0 Å². The Kier molecular flexibility index (Phi) is 3.16. The van der Waals surface area contributed by atoms with Gasteiger partial charge in [-0.15, -0.1) is 0 Å². The number of benzene rings is 2. The fourth-order valence-electron chi connectivity index (χ4n) is 6.55. The smallest absolute Gasteiger partial charge is 0.246 e. The summed E-state index contributed by atoms with van der Waals surface area (Å²) in [4.78, 5) is 26.3. The molecule has 3 heterocycles. The summed E-state index contributed by atoms with van der Waals surface area (Å²) in [6, 6.07) is 20.7. The summed E-state index contributed by atoms with van der Waals surface area (Å²) in [6.45, 7) is 4.29. The molecule has 0 N–H and O–H groups in total. The molecule has 0 saturated heterocycles. The first-order chi connectivity index (χ1) is 14.4.